The Bertz CT molecular complexity index is 381. The van der Waals surface area contributed by atoms with E-state index in [0.717, 1.165) is 17.7 Å². The zero-order valence-electron chi connectivity index (χ0n) is 10.3. The molecule has 0 aliphatic carbocycles. The number of hydrogen-bond acceptors (Lipinski definition) is 3. The molecule has 17 heavy (non-hydrogen) atoms. The predicted octanol–water partition coefficient (Wildman–Crippen LogP) is 3.45. The van der Waals surface area contributed by atoms with Gasteiger partial charge in [-0.2, -0.15) is 5.10 Å². The van der Waals surface area contributed by atoms with Gasteiger partial charge in [-0.05, 0) is 55.0 Å². The van der Waals surface area contributed by atoms with Gasteiger partial charge in [0, 0.05) is 7.05 Å². The second-order valence-electron chi connectivity index (χ2n) is 3.72. The van der Waals surface area contributed by atoms with Crippen LogP contribution in [0.3, 0.4) is 0 Å². The largest absolute Gasteiger partial charge is 0.491 e. The molecule has 1 unspecified atom stereocenters. The Labute approximate surface area is 109 Å². The Morgan fingerprint density at radius 2 is 2.12 bits per heavy atom. The van der Waals surface area contributed by atoms with Crippen LogP contribution in [0.1, 0.15) is 25.8 Å². The van der Waals surface area contributed by atoms with Crippen LogP contribution in [0, 0.1) is 0 Å². The molecular weight excluding hydrogens is 251 g/mol. The van der Waals surface area contributed by atoms with Gasteiger partial charge in [-0.15, -0.1) is 0 Å². The lowest BCUT2D eigenvalue weighted by atomic mass is 10.2. The Balaban J connectivity index is 2.61. The molecule has 0 N–H and O–H groups in total. The minimum Gasteiger partial charge on any atom is -0.491 e. The molecule has 1 atom stereocenters. The average Bonchev–Trinajstić information content (AvgIpc) is 2.37. The Morgan fingerprint density at radius 3 is 2.65 bits per heavy atom. The van der Waals surface area contributed by atoms with E-state index in [-0.39, 0.29) is 6.10 Å². The van der Waals surface area contributed by atoms with Gasteiger partial charge in [-0.1, -0.05) is 6.92 Å². The smallest absolute Gasteiger partial charge is 0.119 e. The first-order chi connectivity index (χ1) is 8.15. The Hall–Kier alpha value is -0.990. The van der Waals surface area contributed by atoms with Crippen LogP contribution in [0.4, 0.5) is 0 Å². The standard InChI is InChI=1S/C12H17N2OPS/c1-4-10(2)15-12-7-5-11(6-8-12)9-13-14(3)16-17/h5-10H,4H2,1-3H3/b13-9+. The first-order valence-corrected chi connectivity index (χ1v) is 7.39. The van der Waals surface area contributed by atoms with Crippen molar-refractivity contribution in [2.45, 2.75) is 26.4 Å². The summed E-state index contributed by atoms with van der Waals surface area (Å²) in [5, 5.41) is 4.17. The van der Waals surface area contributed by atoms with Gasteiger partial charge in [0.1, 0.15) is 13.3 Å². The van der Waals surface area contributed by atoms with E-state index in [1.165, 1.54) is 0 Å². The van der Waals surface area contributed by atoms with Gasteiger partial charge in [-0.3, -0.25) is 0 Å². The second-order valence-corrected chi connectivity index (χ2v) is 4.95. The molecule has 0 aliphatic heterocycles. The first kappa shape index (κ1) is 14.1. The SMILES string of the molecule is CCC(C)Oc1ccc(/C=N/N(C)P=S)cc1. The van der Waals surface area contributed by atoms with Crippen molar-refractivity contribution in [3.05, 3.63) is 29.8 Å². The third-order valence-electron chi connectivity index (χ3n) is 2.28. The zero-order chi connectivity index (χ0) is 12.7. The van der Waals surface area contributed by atoms with E-state index in [4.69, 9.17) is 16.5 Å². The summed E-state index contributed by atoms with van der Waals surface area (Å²) >= 11 is 4.84. The molecule has 0 amide bonds. The first-order valence-electron chi connectivity index (χ1n) is 5.53. The highest BCUT2D eigenvalue weighted by Crippen LogP contribution is 2.14. The summed E-state index contributed by atoms with van der Waals surface area (Å²) in [7, 11) is 2.55. The number of hydrogen-bond donors (Lipinski definition) is 0. The zero-order valence-corrected chi connectivity index (χ0v) is 12.0. The van der Waals surface area contributed by atoms with Crippen molar-refractivity contribution in [3.8, 4) is 5.75 Å². The van der Waals surface area contributed by atoms with E-state index >= 15 is 0 Å². The molecule has 1 aromatic rings. The maximum absolute atomic E-state index is 5.69. The van der Waals surface area contributed by atoms with E-state index in [2.05, 4.69) is 18.9 Å². The number of ether oxygens (including phenoxy) is 1. The fourth-order valence-electron chi connectivity index (χ4n) is 1.12. The summed E-state index contributed by atoms with van der Waals surface area (Å²) < 4.78 is 7.37. The van der Waals surface area contributed by atoms with Crippen molar-refractivity contribution < 1.29 is 4.74 Å². The fraction of sp³-hybridized carbons (Fsp3) is 0.417. The van der Waals surface area contributed by atoms with Crippen LogP contribution in [0.2, 0.25) is 0 Å². The summed E-state index contributed by atoms with van der Waals surface area (Å²) in [6, 6.07) is 7.88. The number of rotatable bonds is 6. The topological polar surface area (TPSA) is 24.8 Å². The van der Waals surface area contributed by atoms with Crippen LogP contribution >= 0.6 is 7.51 Å². The molecule has 0 fully saturated rings. The summed E-state index contributed by atoms with van der Waals surface area (Å²) in [5.41, 5.74) is 1.03. The molecule has 0 saturated heterocycles. The third kappa shape index (κ3) is 5.24. The van der Waals surface area contributed by atoms with Crippen molar-refractivity contribution in [2.24, 2.45) is 5.10 Å². The molecule has 0 heterocycles. The van der Waals surface area contributed by atoms with E-state index in [0.29, 0.717) is 7.51 Å². The van der Waals surface area contributed by atoms with Crippen LogP contribution in [0.25, 0.3) is 0 Å². The van der Waals surface area contributed by atoms with Crippen molar-refractivity contribution >= 4 is 25.5 Å². The molecule has 0 aliphatic rings. The molecule has 0 radical (unpaired) electrons. The van der Waals surface area contributed by atoms with Crippen molar-refractivity contribution in [1.82, 2.24) is 4.78 Å². The lowest BCUT2D eigenvalue weighted by molar-refractivity contribution is 0.217. The van der Waals surface area contributed by atoms with Crippen LogP contribution in [0.15, 0.2) is 29.4 Å². The van der Waals surface area contributed by atoms with Gasteiger partial charge < -0.3 is 4.74 Å². The normalized spacial score (nSPS) is 12.9. The average molecular weight is 268 g/mol. The highest BCUT2D eigenvalue weighted by molar-refractivity contribution is 7.95. The van der Waals surface area contributed by atoms with Crippen LogP contribution in [-0.2, 0) is 11.8 Å². The van der Waals surface area contributed by atoms with Gasteiger partial charge >= 0.3 is 0 Å². The van der Waals surface area contributed by atoms with Gasteiger partial charge in [0.05, 0.1) is 12.3 Å². The van der Waals surface area contributed by atoms with Gasteiger partial charge in [0.2, 0.25) is 0 Å². The van der Waals surface area contributed by atoms with E-state index < -0.39 is 0 Å². The molecule has 92 valence electrons. The van der Waals surface area contributed by atoms with Crippen molar-refractivity contribution in [1.29, 1.82) is 0 Å². The summed E-state index contributed by atoms with van der Waals surface area (Å²) in [6.45, 7) is 4.17. The fourth-order valence-corrected chi connectivity index (χ4v) is 1.34. The quantitative estimate of drug-likeness (QED) is 0.449. The molecular formula is C12H17N2OPS. The van der Waals surface area contributed by atoms with Crippen molar-refractivity contribution in [3.63, 3.8) is 0 Å². The number of hydrazone groups is 1. The van der Waals surface area contributed by atoms with Crippen LogP contribution in [-0.4, -0.2) is 24.1 Å². The molecule has 5 heteroatoms. The van der Waals surface area contributed by atoms with E-state index in [1.54, 1.807) is 11.0 Å². The second kappa shape index (κ2) is 7.36. The van der Waals surface area contributed by atoms with Gasteiger partial charge in [-0.25, -0.2) is 4.78 Å². The highest BCUT2D eigenvalue weighted by Gasteiger charge is 2.00. The van der Waals surface area contributed by atoms with Gasteiger partial charge in [0.25, 0.3) is 0 Å². The monoisotopic (exact) mass is 268 g/mol. The molecule has 1 rings (SSSR count). The lowest BCUT2D eigenvalue weighted by Gasteiger charge is -2.12. The summed E-state index contributed by atoms with van der Waals surface area (Å²) in [5.74, 6) is 0.895. The van der Waals surface area contributed by atoms with E-state index in [9.17, 15) is 0 Å². The molecule has 0 spiro atoms. The predicted molar refractivity (Wildman–Crippen MR) is 76.5 cm³/mol. The molecule has 0 saturated carbocycles. The molecule has 1 aromatic carbocycles. The summed E-state index contributed by atoms with van der Waals surface area (Å²) in [4.78, 5) is 0. The lowest BCUT2D eigenvalue weighted by Crippen LogP contribution is -2.09. The summed E-state index contributed by atoms with van der Waals surface area (Å²) in [6.07, 6.45) is 3.04. The van der Waals surface area contributed by atoms with Gasteiger partial charge in [0.15, 0.2) is 0 Å². The van der Waals surface area contributed by atoms with E-state index in [1.807, 2.05) is 31.3 Å². The minimum atomic E-state index is 0.250. The number of nitrogens with zero attached hydrogens (tertiary/aromatic N) is 2. The number of benzene rings is 1. The maximum atomic E-state index is 5.69. The maximum Gasteiger partial charge on any atom is 0.119 e. The van der Waals surface area contributed by atoms with Crippen molar-refractivity contribution in [2.75, 3.05) is 7.05 Å². The Kier molecular flexibility index (Phi) is 6.09. The molecule has 3 nitrogen and oxygen atoms in total. The van der Waals surface area contributed by atoms with Crippen LogP contribution < -0.4 is 4.74 Å². The minimum absolute atomic E-state index is 0.250. The Morgan fingerprint density at radius 1 is 1.47 bits per heavy atom. The highest BCUT2D eigenvalue weighted by atomic mass is 32.4. The third-order valence-corrected chi connectivity index (χ3v) is 3.33. The molecule has 0 bridgehead atoms. The van der Waals surface area contributed by atoms with Crippen LogP contribution in [0.5, 0.6) is 5.75 Å². The molecule has 0 aromatic heterocycles.